The summed E-state index contributed by atoms with van der Waals surface area (Å²) in [4.78, 5) is 16.0. The summed E-state index contributed by atoms with van der Waals surface area (Å²) in [6.07, 6.45) is 1.21. The first-order chi connectivity index (χ1) is 8.41. The fraction of sp³-hybridized carbons (Fsp3) is 0.667. The van der Waals surface area contributed by atoms with E-state index in [0.717, 1.165) is 5.01 Å². The van der Waals surface area contributed by atoms with E-state index in [0.29, 0.717) is 18.5 Å². The van der Waals surface area contributed by atoms with Gasteiger partial charge in [0.15, 0.2) is 0 Å². The minimum atomic E-state index is -0.838. The van der Waals surface area contributed by atoms with Crippen LogP contribution in [0.2, 0.25) is 0 Å². The molecule has 1 atom stereocenters. The second-order valence-corrected chi connectivity index (χ2v) is 5.36. The lowest BCUT2D eigenvalue weighted by Gasteiger charge is -2.25. The van der Waals surface area contributed by atoms with Crippen LogP contribution in [0.4, 0.5) is 0 Å². The Hall–Kier alpha value is -0.980. The average Bonchev–Trinajstić information content (AvgIpc) is 2.85. The van der Waals surface area contributed by atoms with E-state index >= 15 is 0 Å². The van der Waals surface area contributed by atoms with E-state index < -0.39 is 5.60 Å². The van der Waals surface area contributed by atoms with Crippen molar-refractivity contribution in [2.75, 3.05) is 6.54 Å². The van der Waals surface area contributed by atoms with Gasteiger partial charge in [-0.05, 0) is 19.8 Å². The molecule has 0 saturated heterocycles. The summed E-state index contributed by atoms with van der Waals surface area (Å²) in [7, 11) is 0. The maximum Gasteiger partial charge on any atom is 0.270 e. The lowest BCUT2D eigenvalue weighted by molar-refractivity contribution is 0.0313. The minimum Gasteiger partial charge on any atom is -0.388 e. The van der Waals surface area contributed by atoms with Crippen molar-refractivity contribution < 1.29 is 9.90 Å². The zero-order valence-electron chi connectivity index (χ0n) is 11.1. The summed E-state index contributed by atoms with van der Waals surface area (Å²) < 4.78 is 0. The molecule has 0 bridgehead atoms. The van der Waals surface area contributed by atoms with Crippen molar-refractivity contribution in [1.29, 1.82) is 0 Å². The quantitative estimate of drug-likeness (QED) is 0.730. The van der Waals surface area contributed by atoms with E-state index in [4.69, 9.17) is 5.73 Å². The Labute approximate surface area is 111 Å². The SMILES string of the molecule is CCC(O)(CC)CNC(=O)c1csc(C(C)N)n1. The lowest BCUT2D eigenvalue weighted by Crippen LogP contribution is -2.42. The molecule has 4 N–H and O–H groups in total. The van der Waals surface area contributed by atoms with Gasteiger partial charge in [0.25, 0.3) is 5.91 Å². The van der Waals surface area contributed by atoms with Gasteiger partial charge in [-0.15, -0.1) is 11.3 Å². The molecule has 1 aromatic rings. The van der Waals surface area contributed by atoms with Crippen molar-refractivity contribution >= 4 is 17.2 Å². The largest absolute Gasteiger partial charge is 0.388 e. The van der Waals surface area contributed by atoms with E-state index in [1.807, 2.05) is 20.8 Å². The zero-order valence-corrected chi connectivity index (χ0v) is 11.9. The predicted octanol–water partition coefficient (Wildman–Crippen LogP) is 1.44. The lowest BCUT2D eigenvalue weighted by atomic mass is 9.97. The average molecular weight is 271 g/mol. The number of aromatic nitrogens is 1. The Morgan fingerprint density at radius 1 is 1.61 bits per heavy atom. The third-order valence-corrected chi connectivity index (χ3v) is 4.08. The molecular weight excluding hydrogens is 250 g/mol. The molecule has 1 aromatic heterocycles. The van der Waals surface area contributed by atoms with E-state index in [2.05, 4.69) is 10.3 Å². The molecule has 0 aliphatic rings. The Morgan fingerprint density at radius 3 is 2.67 bits per heavy atom. The van der Waals surface area contributed by atoms with Crippen LogP contribution in [0.5, 0.6) is 0 Å². The summed E-state index contributed by atoms with van der Waals surface area (Å²) in [6, 6.07) is -0.167. The van der Waals surface area contributed by atoms with Gasteiger partial charge in [-0.25, -0.2) is 4.98 Å². The molecular formula is C12H21N3O2S. The Morgan fingerprint density at radius 2 is 2.22 bits per heavy atom. The standard InChI is InChI=1S/C12H21N3O2S/c1-4-12(17,5-2)7-14-10(16)9-6-18-11(15-9)8(3)13/h6,8,17H,4-5,7,13H2,1-3H3,(H,14,16). The first kappa shape index (κ1) is 15.1. The second-order valence-electron chi connectivity index (χ2n) is 4.47. The molecule has 0 fully saturated rings. The van der Waals surface area contributed by atoms with Gasteiger partial charge in [0.05, 0.1) is 11.6 Å². The van der Waals surface area contributed by atoms with Gasteiger partial charge in [0.1, 0.15) is 10.7 Å². The van der Waals surface area contributed by atoms with Gasteiger partial charge >= 0.3 is 0 Å². The number of nitrogens with one attached hydrogen (secondary N) is 1. The molecule has 18 heavy (non-hydrogen) atoms. The molecule has 5 nitrogen and oxygen atoms in total. The first-order valence-electron chi connectivity index (χ1n) is 6.13. The third-order valence-electron chi connectivity index (χ3n) is 3.04. The summed E-state index contributed by atoms with van der Waals surface area (Å²) in [5.41, 5.74) is 5.21. The van der Waals surface area contributed by atoms with Crippen LogP contribution in [0, 0.1) is 0 Å². The van der Waals surface area contributed by atoms with Crippen LogP contribution in [0.15, 0.2) is 5.38 Å². The molecule has 0 aliphatic heterocycles. The smallest absolute Gasteiger partial charge is 0.270 e. The van der Waals surface area contributed by atoms with Gasteiger partial charge in [-0.1, -0.05) is 13.8 Å². The van der Waals surface area contributed by atoms with Crippen molar-refractivity contribution in [3.63, 3.8) is 0 Å². The van der Waals surface area contributed by atoms with Gasteiger partial charge in [0, 0.05) is 11.9 Å². The molecule has 1 unspecified atom stereocenters. The number of aliphatic hydroxyl groups is 1. The number of carbonyl (C=O) groups is 1. The zero-order chi connectivity index (χ0) is 13.8. The first-order valence-corrected chi connectivity index (χ1v) is 7.01. The van der Waals surface area contributed by atoms with Crippen LogP contribution < -0.4 is 11.1 Å². The van der Waals surface area contributed by atoms with Crippen LogP contribution in [-0.4, -0.2) is 28.1 Å². The molecule has 6 heteroatoms. The van der Waals surface area contributed by atoms with Gasteiger partial charge < -0.3 is 16.2 Å². The molecule has 0 spiro atoms. The minimum absolute atomic E-state index is 0.167. The second kappa shape index (κ2) is 6.26. The molecule has 0 aromatic carbocycles. The molecule has 1 heterocycles. The summed E-state index contributed by atoms with van der Waals surface area (Å²) in [6.45, 7) is 5.86. The van der Waals surface area contributed by atoms with Crippen molar-refractivity contribution in [2.45, 2.75) is 45.3 Å². The number of hydrogen-bond acceptors (Lipinski definition) is 5. The van der Waals surface area contributed by atoms with Crippen molar-refractivity contribution in [3.8, 4) is 0 Å². The highest BCUT2D eigenvalue weighted by molar-refractivity contribution is 7.09. The number of hydrogen-bond donors (Lipinski definition) is 3. The van der Waals surface area contributed by atoms with Crippen molar-refractivity contribution in [1.82, 2.24) is 10.3 Å². The van der Waals surface area contributed by atoms with Crippen LogP contribution in [0.1, 0.15) is 55.2 Å². The van der Waals surface area contributed by atoms with Gasteiger partial charge in [0.2, 0.25) is 0 Å². The number of amides is 1. The van der Waals surface area contributed by atoms with Crippen LogP contribution in [0.25, 0.3) is 0 Å². The van der Waals surface area contributed by atoms with Crippen LogP contribution in [0.3, 0.4) is 0 Å². The third kappa shape index (κ3) is 3.76. The van der Waals surface area contributed by atoms with Gasteiger partial charge in [-0.2, -0.15) is 0 Å². The van der Waals surface area contributed by atoms with Gasteiger partial charge in [-0.3, -0.25) is 4.79 Å². The Bertz CT molecular complexity index is 400. The molecule has 102 valence electrons. The molecule has 1 rings (SSSR count). The van der Waals surface area contributed by atoms with Crippen LogP contribution in [-0.2, 0) is 0 Å². The highest BCUT2D eigenvalue weighted by Gasteiger charge is 2.23. The highest BCUT2D eigenvalue weighted by Crippen LogP contribution is 2.16. The molecule has 0 radical (unpaired) electrons. The van der Waals surface area contributed by atoms with E-state index in [-0.39, 0.29) is 18.5 Å². The summed E-state index contributed by atoms with van der Waals surface area (Å²) in [5, 5.41) is 15.2. The van der Waals surface area contributed by atoms with E-state index in [1.54, 1.807) is 5.38 Å². The van der Waals surface area contributed by atoms with E-state index in [1.165, 1.54) is 11.3 Å². The number of nitrogens with zero attached hydrogens (tertiary/aromatic N) is 1. The van der Waals surface area contributed by atoms with E-state index in [9.17, 15) is 9.90 Å². The molecule has 0 aliphatic carbocycles. The summed E-state index contributed by atoms with van der Waals surface area (Å²) >= 11 is 1.37. The topological polar surface area (TPSA) is 88.2 Å². The summed E-state index contributed by atoms with van der Waals surface area (Å²) in [5.74, 6) is -0.265. The number of thiazole rings is 1. The van der Waals surface area contributed by atoms with Crippen LogP contribution >= 0.6 is 11.3 Å². The van der Waals surface area contributed by atoms with Crippen molar-refractivity contribution in [2.24, 2.45) is 5.73 Å². The maximum atomic E-state index is 11.8. The highest BCUT2D eigenvalue weighted by atomic mass is 32.1. The number of rotatable bonds is 6. The monoisotopic (exact) mass is 271 g/mol. The predicted molar refractivity (Wildman–Crippen MR) is 72.6 cm³/mol. The molecule has 1 amide bonds. The van der Waals surface area contributed by atoms with Crippen molar-refractivity contribution in [3.05, 3.63) is 16.1 Å². The fourth-order valence-electron chi connectivity index (χ4n) is 1.44. The fourth-order valence-corrected chi connectivity index (χ4v) is 2.19. The Balaban J connectivity index is 2.60. The normalized spacial score (nSPS) is 13.4. The number of nitrogens with two attached hydrogens (primary N) is 1. The Kier molecular flexibility index (Phi) is 5.25. The maximum absolute atomic E-state index is 11.8. The number of carbonyl (C=O) groups excluding carboxylic acids is 1. The molecule has 0 saturated carbocycles.